The summed E-state index contributed by atoms with van der Waals surface area (Å²) in [7, 11) is 0. The maximum atomic E-state index is 11.5. The topological polar surface area (TPSA) is 87.1 Å². The molecule has 0 spiro atoms. The zero-order valence-corrected chi connectivity index (χ0v) is 9.52. The van der Waals surface area contributed by atoms with Crippen LogP contribution < -0.4 is 0 Å². The van der Waals surface area contributed by atoms with Crippen LogP contribution in [-0.2, 0) is 16.1 Å². The number of nitrogens with zero attached hydrogens (tertiary/aromatic N) is 1. The summed E-state index contributed by atoms with van der Waals surface area (Å²) in [6, 6.07) is 9.10. The van der Waals surface area contributed by atoms with Crippen LogP contribution in [0.25, 0.3) is 0 Å². The minimum Gasteiger partial charge on any atom is -0.481 e. The first-order valence-corrected chi connectivity index (χ1v) is 5.48. The SMILES string of the molecule is O=C(O)C1CN(C(=O)OCc2ccccc2)C1O. The number of carboxylic acid groups (broad SMARTS) is 1. The van der Waals surface area contributed by atoms with Crippen LogP contribution in [0, 0.1) is 5.92 Å². The number of hydrogen-bond donors (Lipinski definition) is 2. The highest BCUT2D eigenvalue weighted by molar-refractivity contribution is 5.77. The number of benzene rings is 1. The van der Waals surface area contributed by atoms with Crippen molar-refractivity contribution in [2.24, 2.45) is 5.92 Å². The summed E-state index contributed by atoms with van der Waals surface area (Å²) in [5, 5.41) is 18.1. The Kier molecular flexibility index (Phi) is 3.47. The molecule has 6 heteroatoms. The average Bonchev–Trinajstić information content (AvgIpc) is 2.35. The fourth-order valence-corrected chi connectivity index (χ4v) is 1.68. The van der Waals surface area contributed by atoms with Gasteiger partial charge in [-0.15, -0.1) is 0 Å². The molecule has 1 amide bonds. The predicted octanol–water partition coefficient (Wildman–Crippen LogP) is 0.658. The second-order valence-electron chi connectivity index (χ2n) is 4.05. The average molecular weight is 251 g/mol. The first-order valence-electron chi connectivity index (χ1n) is 5.48. The van der Waals surface area contributed by atoms with Crippen LogP contribution in [-0.4, -0.2) is 39.9 Å². The Bertz CT molecular complexity index is 447. The summed E-state index contributed by atoms with van der Waals surface area (Å²) in [5.41, 5.74) is 0.829. The van der Waals surface area contributed by atoms with Crippen molar-refractivity contribution in [2.45, 2.75) is 12.8 Å². The molecule has 2 N–H and O–H groups in total. The van der Waals surface area contributed by atoms with E-state index in [0.29, 0.717) is 0 Å². The largest absolute Gasteiger partial charge is 0.481 e. The number of ether oxygens (including phenoxy) is 1. The lowest BCUT2D eigenvalue weighted by atomic mass is 9.98. The van der Waals surface area contributed by atoms with Gasteiger partial charge in [0.1, 0.15) is 18.8 Å². The molecule has 0 saturated carbocycles. The van der Waals surface area contributed by atoms with Gasteiger partial charge in [-0.3, -0.25) is 9.69 Å². The number of aliphatic carboxylic acids is 1. The molecule has 18 heavy (non-hydrogen) atoms. The van der Waals surface area contributed by atoms with E-state index in [0.717, 1.165) is 10.5 Å². The van der Waals surface area contributed by atoms with E-state index in [-0.39, 0.29) is 13.2 Å². The van der Waals surface area contributed by atoms with Crippen LogP contribution in [0.2, 0.25) is 0 Å². The number of aliphatic hydroxyl groups is 1. The van der Waals surface area contributed by atoms with E-state index in [1.54, 1.807) is 12.1 Å². The van der Waals surface area contributed by atoms with Gasteiger partial charge in [0.15, 0.2) is 0 Å². The van der Waals surface area contributed by atoms with Crippen molar-refractivity contribution in [1.82, 2.24) is 4.90 Å². The number of rotatable bonds is 3. The van der Waals surface area contributed by atoms with E-state index < -0.39 is 24.2 Å². The van der Waals surface area contributed by atoms with Crippen LogP contribution in [0.3, 0.4) is 0 Å². The van der Waals surface area contributed by atoms with Crippen molar-refractivity contribution >= 4 is 12.1 Å². The van der Waals surface area contributed by atoms with Gasteiger partial charge in [0, 0.05) is 6.54 Å². The molecule has 2 atom stereocenters. The second-order valence-corrected chi connectivity index (χ2v) is 4.05. The Balaban J connectivity index is 1.82. The predicted molar refractivity (Wildman–Crippen MR) is 60.5 cm³/mol. The third-order valence-electron chi connectivity index (χ3n) is 2.83. The smallest absolute Gasteiger partial charge is 0.412 e. The summed E-state index contributed by atoms with van der Waals surface area (Å²) < 4.78 is 4.96. The normalized spacial score (nSPS) is 22.2. The monoisotopic (exact) mass is 251 g/mol. The molecule has 1 aliphatic rings. The molecule has 96 valence electrons. The molecule has 1 fully saturated rings. The lowest BCUT2D eigenvalue weighted by Gasteiger charge is -2.41. The number of hydrogen-bond acceptors (Lipinski definition) is 4. The van der Waals surface area contributed by atoms with Gasteiger partial charge in [0.25, 0.3) is 0 Å². The fraction of sp³-hybridized carbons (Fsp3) is 0.333. The van der Waals surface area contributed by atoms with Crippen LogP contribution in [0.4, 0.5) is 4.79 Å². The zero-order chi connectivity index (χ0) is 13.1. The molecule has 2 rings (SSSR count). The number of amides is 1. The Labute approximate surface area is 103 Å². The standard InChI is InChI=1S/C12H13NO5/c14-10-9(11(15)16)6-13(10)12(17)18-7-8-4-2-1-3-5-8/h1-5,9-10,14H,6-7H2,(H,15,16). The minimum atomic E-state index is -1.30. The van der Waals surface area contributed by atoms with Crippen molar-refractivity contribution in [1.29, 1.82) is 0 Å². The van der Waals surface area contributed by atoms with E-state index in [4.69, 9.17) is 9.84 Å². The van der Waals surface area contributed by atoms with Crippen molar-refractivity contribution in [3.63, 3.8) is 0 Å². The third kappa shape index (κ3) is 2.43. The first kappa shape index (κ1) is 12.4. The molecule has 0 bridgehead atoms. The number of carboxylic acids is 1. The summed E-state index contributed by atoms with van der Waals surface area (Å²) in [5.74, 6) is -2.04. The Morgan fingerprint density at radius 3 is 2.56 bits per heavy atom. The molecule has 0 radical (unpaired) electrons. The van der Waals surface area contributed by atoms with Gasteiger partial charge in [-0.1, -0.05) is 30.3 Å². The first-order chi connectivity index (χ1) is 8.59. The molecule has 1 aromatic rings. The lowest BCUT2D eigenvalue weighted by Crippen LogP contribution is -2.61. The van der Waals surface area contributed by atoms with E-state index in [1.807, 2.05) is 18.2 Å². The summed E-state index contributed by atoms with van der Waals surface area (Å²) >= 11 is 0. The molecule has 6 nitrogen and oxygen atoms in total. The zero-order valence-electron chi connectivity index (χ0n) is 9.52. The van der Waals surface area contributed by atoms with Crippen molar-refractivity contribution in [2.75, 3.05) is 6.54 Å². The van der Waals surface area contributed by atoms with Crippen LogP contribution in [0.1, 0.15) is 5.56 Å². The summed E-state index contributed by atoms with van der Waals surface area (Å²) in [4.78, 5) is 23.1. The summed E-state index contributed by atoms with van der Waals surface area (Å²) in [6.07, 6.45) is -2.00. The molecule has 1 aliphatic heterocycles. The molecule has 0 aromatic heterocycles. The Morgan fingerprint density at radius 1 is 1.33 bits per heavy atom. The van der Waals surface area contributed by atoms with E-state index in [1.165, 1.54) is 0 Å². The number of carbonyl (C=O) groups excluding carboxylic acids is 1. The maximum Gasteiger partial charge on any atom is 0.412 e. The van der Waals surface area contributed by atoms with E-state index in [9.17, 15) is 14.7 Å². The summed E-state index contributed by atoms with van der Waals surface area (Å²) in [6.45, 7) is 0.0742. The Hall–Kier alpha value is -2.08. The minimum absolute atomic E-state index is 0.0237. The molecular weight excluding hydrogens is 238 g/mol. The van der Waals surface area contributed by atoms with Crippen LogP contribution in [0.15, 0.2) is 30.3 Å². The fourth-order valence-electron chi connectivity index (χ4n) is 1.68. The van der Waals surface area contributed by atoms with Gasteiger partial charge in [-0.2, -0.15) is 0 Å². The van der Waals surface area contributed by atoms with Crippen LogP contribution >= 0.6 is 0 Å². The van der Waals surface area contributed by atoms with Crippen molar-refractivity contribution < 1.29 is 24.5 Å². The highest BCUT2D eigenvalue weighted by atomic mass is 16.6. The number of likely N-dealkylation sites (tertiary alicyclic amines) is 1. The van der Waals surface area contributed by atoms with Crippen molar-refractivity contribution in [3.05, 3.63) is 35.9 Å². The number of carbonyl (C=O) groups is 2. The molecule has 0 aliphatic carbocycles. The third-order valence-corrected chi connectivity index (χ3v) is 2.83. The quantitative estimate of drug-likeness (QED) is 0.824. The van der Waals surface area contributed by atoms with Gasteiger partial charge < -0.3 is 14.9 Å². The van der Waals surface area contributed by atoms with Gasteiger partial charge >= 0.3 is 12.1 Å². The molecule has 1 heterocycles. The molecule has 1 aromatic carbocycles. The highest BCUT2D eigenvalue weighted by Gasteiger charge is 2.46. The molecule has 2 unspecified atom stereocenters. The molecule has 1 saturated heterocycles. The highest BCUT2D eigenvalue weighted by Crippen LogP contribution is 2.23. The van der Waals surface area contributed by atoms with Gasteiger partial charge in [-0.05, 0) is 5.56 Å². The van der Waals surface area contributed by atoms with Crippen molar-refractivity contribution in [3.8, 4) is 0 Å². The maximum absolute atomic E-state index is 11.5. The second kappa shape index (κ2) is 5.05. The lowest BCUT2D eigenvalue weighted by molar-refractivity contribution is -0.169. The van der Waals surface area contributed by atoms with Gasteiger partial charge in [0.05, 0.1) is 0 Å². The van der Waals surface area contributed by atoms with E-state index >= 15 is 0 Å². The van der Waals surface area contributed by atoms with Gasteiger partial charge in [-0.25, -0.2) is 4.79 Å². The van der Waals surface area contributed by atoms with Crippen LogP contribution in [0.5, 0.6) is 0 Å². The number of aliphatic hydroxyl groups excluding tert-OH is 1. The Morgan fingerprint density at radius 2 is 2.00 bits per heavy atom. The molecular formula is C12H13NO5. The van der Waals surface area contributed by atoms with E-state index in [2.05, 4.69) is 0 Å². The van der Waals surface area contributed by atoms with Gasteiger partial charge in [0.2, 0.25) is 0 Å².